The number of hydrogen-bond acceptors (Lipinski definition) is 4. The van der Waals surface area contributed by atoms with Gasteiger partial charge in [0.25, 0.3) is 11.8 Å². The highest BCUT2D eigenvalue weighted by Gasteiger charge is 2.27. The van der Waals surface area contributed by atoms with E-state index in [1.54, 1.807) is 17.0 Å². The lowest BCUT2D eigenvalue weighted by atomic mass is 10.0. The molecule has 1 aliphatic rings. The van der Waals surface area contributed by atoms with Gasteiger partial charge in [0.15, 0.2) is 0 Å². The molecule has 0 unspecified atom stereocenters. The van der Waals surface area contributed by atoms with Crippen LogP contribution in [-0.4, -0.2) is 67.6 Å². The maximum absolute atomic E-state index is 13.1. The Labute approximate surface area is 184 Å². The predicted octanol–water partition coefficient (Wildman–Crippen LogP) is 3.82. The number of rotatable bonds is 8. The number of carbonyl (C=O) groups is 2. The number of para-hydroxylation sites is 1. The molecular formula is C25H32N2O4. The second-order valence-corrected chi connectivity index (χ2v) is 7.90. The SMILES string of the molecule is CCOCCOc1ccccc1C(=O)N1CCN(C(=O)c2ccc(C(C)C)cc2)CC1. The van der Waals surface area contributed by atoms with Crippen molar-refractivity contribution in [3.05, 3.63) is 65.2 Å². The van der Waals surface area contributed by atoms with Crippen LogP contribution in [0.15, 0.2) is 48.5 Å². The first-order chi connectivity index (χ1) is 15.0. The fourth-order valence-corrected chi connectivity index (χ4v) is 3.60. The molecule has 6 nitrogen and oxygen atoms in total. The molecule has 0 radical (unpaired) electrons. The average molecular weight is 425 g/mol. The Kier molecular flexibility index (Phi) is 8.06. The van der Waals surface area contributed by atoms with Crippen LogP contribution < -0.4 is 4.74 Å². The Bertz CT molecular complexity index is 871. The first-order valence-corrected chi connectivity index (χ1v) is 11.0. The lowest BCUT2D eigenvalue weighted by Gasteiger charge is -2.35. The zero-order valence-corrected chi connectivity index (χ0v) is 18.7. The molecule has 0 bridgehead atoms. The summed E-state index contributed by atoms with van der Waals surface area (Å²) in [5.74, 6) is 0.947. The summed E-state index contributed by atoms with van der Waals surface area (Å²) < 4.78 is 11.1. The molecule has 31 heavy (non-hydrogen) atoms. The van der Waals surface area contributed by atoms with Crippen LogP contribution in [0.5, 0.6) is 5.75 Å². The van der Waals surface area contributed by atoms with Crippen molar-refractivity contribution in [3.63, 3.8) is 0 Å². The molecule has 6 heteroatoms. The Morgan fingerprint density at radius 3 is 2.10 bits per heavy atom. The van der Waals surface area contributed by atoms with Crippen molar-refractivity contribution in [2.45, 2.75) is 26.7 Å². The molecule has 1 aliphatic heterocycles. The van der Waals surface area contributed by atoms with Gasteiger partial charge in [0.2, 0.25) is 0 Å². The summed E-state index contributed by atoms with van der Waals surface area (Å²) in [6, 6.07) is 15.1. The molecule has 166 valence electrons. The number of amides is 2. The van der Waals surface area contributed by atoms with E-state index in [1.165, 1.54) is 5.56 Å². The van der Waals surface area contributed by atoms with E-state index in [-0.39, 0.29) is 11.8 Å². The molecule has 2 aromatic carbocycles. The number of ether oxygens (including phenoxy) is 2. The summed E-state index contributed by atoms with van der Waals surface area (Å²) in [7, 11) is 0. The van der Waals surface area contributed by atoms with Gasteiger partial charge < -0.3 is 19.3 Å². The Hall–Kier alpha value is -2.86. The molecule has 0 aliphatic carbocycles. The monoisotopic (exact) mass is 424 g/mol. The van der Waals surface area contributed by atoms with Gasteiger partial charge in [0, 0.05) is 38.3 Å². The molecule has 1 heterocycles. The molecule has 0 aromatic heterocycles. The van der Waals surface area contributed by atoms with Crippen LogP contribution in [0.2, 0.25) is 0 Å². The summed E-state index contributed by atoms with van der Waals surface area (Å²) in [4.78, 5) is 29.5. The largest absolute Gasteiger partial charge is 0.490 e. The van der Waals surface area contributed by atoms with Crippen molar-refractivity contribution < 1.29 is 19.1 Å². The van der Waals surface area contributed by atoms with E-state index in [0.29, 0.717) is 68.8 Å². The molecule has 2 amide bonds. The van der Waals surface area contributed by atoms with Crippen LogP contribution in [0.25, 0.3) is 0 Å². The minimum absolute atomic E-state index is 0.0158. The van der Waals surface area contributed by atoms with Crippen molar-refractivity contribution in [3.8, 4) is 5.75 Å². The van der Waals surface area contributed by atoms with Gasteiger partial charge in [-0.15, -0.1) is 0 Å². The summed E-state index contributed by atoms with van der Waals surface area (Å²) in [6.45, 7) is 9.76. The van der Waals surface area contributed by atoms with Gasteiger partial charge in [0.05, 0.1) is 12.2 Å². The van der Waals surface area contributed by atoms with E-state index in [2.05, 4.69) is 13.8 Å². The molecule has 0 atom stereocenters. The van der Waals surface area contributed by atoms with Gasteiger partial charge in [-0.25, -0.2) is 0 Å². The molecule has 0 N–H and O–H groups in total. The highest BCUT2D eigenvalue weighted by atomic mass is 16.5. The highest BCUT2D eigenvalue weighted by molar-refractivity contribution is 5.97. The van der Waals surface area contributed by atoms with Crippen molar-refractivity contribution in [2.75, 3.05) is 46.0 Å². The lowest BCUT2D eigenvalue weighted by molar-refractivity contribution is 0.0531. The van der Waals surface area contributed by atoms with E-state index in [0.717, 1.165) is 0 Å². The van der Waals surface area contributed by atoms with Crippen LogP contribution in [0.1, 0.15) is 53.0 Å². The minimum Gasteiger partial charge on any atom is -0.490 e. The van der Waals surface area contributed by atoms with E-state index in [1.807, 2.05) is 48.2 Å². The van der Waals surface area contributed by atoms with E-state index < -0.39 is 0 Å². The third kappa shape index (κ3) is 5.85. The Balaban J connectivity index is 1.58. The van der Waals surface area contributed by atoms with Gasteiger partial charge >= 0.3 is 0 Å². The normalized spacial score (nSPS) is 14.1. The lowest BCUT2D eigenvalue weighted by Crippen LogP contribution is -2.50. The van der Waals surface area contributed by atoms with Crippen molar-refractivity contribution in [1.29, 1.82) is 0 Å². The van der Waals surface area contributed by atoms with Crippen LogP contribution in [0.3, 0.4) is 0 Å². The van der Waals surface area contributed by atoms with Gasteiger partial charge in [-0.1, -0.05) is 38.1 Å². The van der Waals surface area contributed by atoms with Crippen LogP contribution in [0, 0.1) is 0 Å². The number of carbonyl (C=O) groups excluding carboxylic acids is 2. The molecular weight excluding hydrogens is 392 g/mol. The quantitative estimate of drug-likeness (QED) is 0.605. The average Bonchev–Trinajstić information content (AvgIpc) is 2.81. The molecule has 0 spiro atoms. The first kappa shape index (κ1) is 22.8. The van der Waals surface area contributed by atoms with Gasteiger partial charge in [-0.2, -0.15) is 0 Å². The standard InChI is InChI=1S/C25H32N2O4/c1-4-30-17-18-31-23-8-6-5-7-22(23)25(29)27-15-13-26(14-16-27)24(28)21-11-9-20(10-12-21)19(2)3/h5-12,19H,4,13-18H2,1-3H3. The van der Waals surface area contributed by atoms with Crippen molar-refractivity contribution in [2.24, 2.45) is 0 Å². The summed E-state index contributed by atoms with van der Waals surface area (Å²) in [5, 5.41) is 0. The maximum Gasteiger partial charge on any atom is 0.257 e. The fraction of sp³-hybridized carbons (Fsp3) is 0.440. The number of benzene rings is 2. The number of nitrogens with zero attached hydrogens (tertiary/aromatic N) is 2. The van der Waals surface area contributed by atoms with E-state index in [9.17, 15) is 9.59 Å². The number of piperazine rings is 1. The predicted molar refractivity (Wildman–Crippen MR) is 121 cm³/mol. The minimum atomic E-state index is -0.0691. The van der Waals surface area contributed by atoms with E-state index >= 15 is 0 Å². The van der Waals surface area contributed by atoms with Crippen LogP contribution in [0.4, 0.5) is 0 Å². The Morgan fingerprint density at radius 2 is 1.48 bits per heavy atom. The zero-order valence-electron chi connectivity index (χ0n) is 18.7. The maximum atomic E-state index is 13.1. The van der Waals surface area contributed by atoms with E-state index in [4.69, 9.17) is 9.47 Å². The first-order valence-electron chi connectivity index (χ1n) is 11.0. The summed E-state index contributed by atoms with van der Waals surface area (Å²) >= 11 is 0. The third-order valence-electron chi connectivity index (χ3n) is 5.49. The summed E-state index contributed by atoms with van der Waals surface area (Å²) in [6.07, 6.45) is 0. The highest BCUT2D eigenvalue weighted by Crippen LogP contribution is 2.21. The van der Waals surface area contributed by atoms with Crippen molar-refractivity contribution in [1.82, 2.24) is 9.80 Å². The Morgan fingerprint density at radius 1 is 0.871 bits per heavy atom. The molecule has 1 saturated heterocycles. The van der Waals surface area contributed by atoms with Crippen LogP contribution >= 0.6 is 0 Å². The van der Waals surface area contributed by atoms with Gasteiger partial charge in [0.1, 0.15) is 12.4 Å². The molecule has 3 rings (SSSR count). The summed E-state index contributed by atoms with van der Waals surface area (Å²) in [5.41, 5.74) is 2.45. The molecule has 0 saturated carbocycles. The third-order valence-corrected chi connectivity index (χ3v) is 5.49. The van der Waals surface area contributed by atoms with Gasteiger partial charge in [-0.3, -0.25) is 9.59 Å². The topological polar surface area (TPSA) is 59.1 Å². The molecule has 2 aromatic rings. The van der Waals surface area contributed by atoms with Crippen molar-refractivity contribution >= 4 is 11.8 Å². The molecule has 1 fully saturated rings. The second-order valence-electron chi connectivity index (χ2n) is 7.90. The zero-order chi connectivity index (χ0) is 22.2. The van der Waals surface area contributed by atoms with Gasteiger partial charge in [-0.05, 0) is 42.7 Å². The number of hydrogen-bond donors (Lipinski definition) is 0. The second kappa shape index (κ2) is 11.0. The smallest absolute Gasteiger partial charge is 0.257 e. The van der Waals surface area contributed by atoms with Crippen LogP contribution in [-0.2, 0) is 4.74 Å². The fourth-order valence-electron chi connectivity index (χ4n) is 3.60.